The molecule has 0 bridgehead atoms. The van der Waals surface area contributed by atoms with Gasteiger partial charge in [-0.1, -0.05) is 29.8 Å². The molecule has 3 heteroatoms. The predicted molar refractivity (Wildman–Crippen MR) is 63.9 cm³/mol. The van der Waals surface area contributed by atoms with Gasteiger partial charge in [0.15, 0.2) is 0 Å². The fourth-order valence-corrected chi connectivity index (χ4v) is 2.14. The van der Waals surface area contributed by atoms with Gasteiger partial charge in [0.05, 0.1) is 0 Å². The van der Waals surface area contributed by atoms with Crippen LogP contribution in [0.1, 0.15) is 30.0 Å². The molecule has 2 rings (SSSR count). The molecule has 1 amide bonds. The lowest BCUT2D eigenvalue weighted by molar-refractivity contribution is -0.127. The van der Waals surface area contributed by atoms with Crippen molar-refractivity contribution in [3.8, 4) is 0 Å². The molecular weight excluding hydrogens is 200 g/mol. The lowest BCUT2D eigenvalue weighted by atomic mass is 10.0. The Morgan fingerprint density at radius 3 is 2.94 bits per heavy atom. The molecule has 0 spiro atoms. The summed E-state index contributed by atoms with van der Waals surface area (Å²) in [6, 6.07) is 8.11. The van der Waals surface area contributed by atoms with Crippen molar-refractivity contribution in [1.29, 1.82) is 0 Å². The van der Waals surface area contributed by atoms with E-state index in [0.717, 1.165) is 18.5 Å². The number of hydrogen-bond acceptors (Lipinski definition) is 2. The van der Waals surface area contributed by atoms with E-state index in [1.807, 2.05) is 17.0 Å². The first-order valence-corrected chi connectivity index (χ1v) is 5.77. The van der Waals surface area contributed by atoms with Crippen molar-refractivity contribution in [3.63, 3.8) is 0 Å². The van der Waals surface area contributed by atoms with Crippen LogP contribution >= 0.6 is 0 Å². The molecule has 1 heterocycles. The van der Waals surface area contributed by atoms with E-state index in [9.17, 15) is 4.79 Å². The minimum Gasteiger partial charge on any atom is -0.341 e. The van der Waals surface area contributed by atoms with Crippen LogP contribution < -0.4 is 5.73 Å². The molecule has 1 aliphatic heterocycles. The Kier molecular flexibility index (Phi) is 3.25. The second-order valence-electron chi connectivity index (χ2n) is 4.46. The van der Waals surface area contributed by atoms with Crippen molar-refractivity contribution in [3.05, 3.63) is 35.4 Å². The largest absolute Gasteiger partial charge is 0.341 e. The summed E-state index contributed by atoms with van der Waals surface area (Å²) in [6.07, 6.45) is 1.65. The molecule has 1 saturated heterocycles. The van der Waals surface area contributed by atoms with Gasteiger partial charge in [-0.2, -0.15) is 0 Å². The molecule has 1 atom stereocenters. The second kappa shape index (κ2) is 4.66. The van der Waals surface area contributed by atoms with Crippen LogP contribution in [0.15, 0.2) is 24.3 Å². The highest BCUT2D eigenvalue weighted by Crippen LogP contribution is 2.17. The summed E-state index contributed by atoms with van der Waals surface area (Å²) < 4.78 is 0. The number of likely N-dealkylation sites (tertiary alicyclic amines) is 1. The maximum absolute atomic E-state index is 11.5. The zero-order valence-electron chi connectivity index (χ0n) is 9.65. The number of aryl methyl sites for hydroxylation is 1. The van der Waals surface area contributed by atoms with E-state index < -0.39 is 0 Å². The number of carbonyl (C=O) groups is 1. The molecule has 0 aliphatic carbocycles. The van der Waals surface area contributed by atoms with Crippen LogP contribution in [-0.2, 0) is 4.79 Å². The molecule has 0 radical (unpaired) electrons. The van der Waals surface area contributed by atoms with Gasteiger partial charge in [0.2, 0.25) is 5.91 Å². The molecule has 0 saturated carbocycles. The number of amides is 1. The third-order valence-corrected chi connectivity index (χ3v) is 3.06. The zero-order valence-corrected chi connectivity index (χ0v) is 9.65. The summed E-state index contributed by atoms with van der Waals surface area (Å²) in [4.78, 5) is 13.3. The van der Waals surface area contributed by atoms with E-state index in [0.29, 0.717) is 13.0 Å². The molecule has 1 aromatic rings. The molecular formula is C13H18N2O. The second-order valence-corrected chi connectivity index (χ2v) is 4.46. The summed E-state index contributed by atoms with van der Waals surface area (Å²) in [7, 11) is 0. The maximum Gasteiger partial charge on any atom is 0.222 e. The van der Waals surface area contributed by atoms with Gasteiger partial charge in [-0.05, 0) is 18.9 Å². The van der Waals surface area contributed by atoms with Crippen LogP contribution in [0.3, 0.4) is 0 Å². The Bertz CT molecular complexity index is 389. The third kappa shape index (κ3) is 2.42. The van der Waals surface area contributed by atoms with Crippen LogP contribution in [-0.4, -0.2) is 23.9 Å². The van der Waals surface area contributed by atoms with E-state index in [-0.39, 0.29) is 11.9 Å². The van der Waals surface area contributed by atoms with Crippen LogP contribution in [0.4, 0.5) is 0 Å². The number of nitrogens with zero attached hydrogens (tertiary/aromatic N) is 1. The lowest BCUT2D eigenvalue weighted by Crippen LogP contribution is -2.33. The van der Waals surface area contributed by atoms with Gasteiger partial charge in [0.25, 0.3) is 0 Å². The first kappa shape index (κ1) is 11.1. The topological polar surface area (TPSA) is 46.3 Å². The van der Waals surface area contributed by atoms with Crippen LogP contribution in [0.5, 0.6) is 0 Å². The number of hydrogen-bond donors (Lipinski definition) is 1. The first-order valence-electron chi connectivity index (χ1n) is 5.77. The van der Waals surface area contributed by atoms with Gasteiger partial charge >= 0.3 is 0 Å². The number of nitrogens with two attached hydrogens (primary N) is 1. The Balaban J connectivity index is 2.02. The molecule has 16 heavy (non-hydrogen) atoms. The van der Waals surface area contributed by atoms with Gasteiger partial charge in [0, 0.05) is 25.6 Å². The van der Waals surface area contributed by atoms with Gasteiger partial charge in [-0.25, -0.2) is 0 Å². The van der Waals surface area contributed by atoms with Crippen molar-refractivity contribution in [2.75, 3.05) is 13.1 Å². The SMILES string of the molecule is Cc1cccc(C(N)CN2CCCC2=O)c1. The fourth-order valence-electron chi connectivity index (χ4n) is 2.14. The monoisotopic (exact) mass is 218 g/mol. The van der Waals surface area contributed by atoms with Crippen molar-refractivity contribution >= 4 is 5.91 Å². The minimum atomic E-state index is -0.0676. The summed E-state index contributed by atoms with van der Waals surface area (Å²) in [6.45, 7) is 3.55. The summed E-state index contributed by atoms with van der Waals surface area (Å²) in [5, 5.41) is 0. The normalized spacial score (nSPS) is 17.9. The van der Waals surface area contributed by atoms with E-state index in [1.54, 1.807) is 0 Å². The van der Waals surface area contributed by atoms with Crippen LogP contribution in [0, 0.1) is 6.92 Å². The average molecular weight is 218 g/mol. The lowest BCUT2D eigenvalue weighted by Gasteiger charge is -2.21. The van der Waals surface area contributed by atoms with Gasteiger partial charge < -0.3 is 10.6 Å². The Morgan fingerprint density at radius 1 is 1.50 bits per heavy atom. The summed E-state index contributed by atoms with van der Waals surface area (Å²) in [5.74, 6) is 0.239. The first-order chi connectivity index (χ1) is 7.66. The highest BCUT2D eigenvalue weighted by molar-refractivity contribution is 5.78. The van der Waals surface area contributed by atoms with Crippen molar-refractivity contribution < 1.29 is 4.79 Å². The quantitative estimate of drug-likeness (QED) is 0.838. The van der Waals surface area contributed by atoms with E-state index in [4.69, 9.17) is 5.73 Å². The van der Waals surface area contributed by atoms with Gasteiger partial charge in [-0.3, -0.25) is 4.79 Å². The number of benzene rings is 1. The van der Waals surface area contributed by atoms with Crippen molar-refractivity contribution in [1.82, 2.24) is 4.90 Å². The average Bonchev–Trinajstić information content (AvgIpc) is 2.64. The van der Waals surface area contributed by atoms with E-state index in [2.05, 4.69) is 19.1 Å². The third-order valence-electron chi connectivity index (χ3n) is 3.06. The Morgan fingerprint density at radius 2 is 2.31 bits per heavy atom. The molecule has 2 N–H and O–H groups in total. The standard InChI is InChI=1S/C13H18N2O/c1-10-4-2-5-11(8-10)12(14)9-15-7-3-6-13(15)16/h2,4-5,8,12H,3,6-7,9,14H2,1H3. The van der Waals surface area contributed by atoms with Crippen molar-refractivity contribution in [2.45, 2.75) is 25.8 Å². The maximum atomic E-state index is 11.5. The van der Waals surface area contributed by atoms with Gasteiger partial charge in [-0.15, -0.1) is 0 Å². The minimum absolute atomic E-state index is 0.0676. The summed E-state index contributed by atoms with van der Waals surface area (Å²) in [5.41, 5.74) is 8.43. The summed E-state index contributed by atoms with van der Waals surface area (Å²) >= 11 is 0. The van der Waals surface area contributed by atoms with Crippen LogP contribution in [0.2, 0.25) is 0 Å². The number of rotatable bonds is 3. The fraction of sp³-hybridized carbons (Fsp3) is 0.462. The number of carbonyl (C=O) groups excluding carboxylic acids is 1. The molecule has 0 aromatic heterocycles. The molecule has 1 aromatic carbocycles. The smallest absolute Gasteiger partial charge is 0.222 e. The highest BCUT2D eigenvalue weighted by Gasteiger charge is 2.22. The molecule has 1 aliphatic rings. The van der Waals surface area contributed by atoms with Gasteiger partial charge in [0.1, 0.15) is 0 Å². The highest BCUT2D eigenvalue weighted by atomic mass is 16.2. The molecule has 3 nitrogen and oxygen atoms in total. The van der Waals surface area contributed by atoms with Crippen LogP contribution in [0.25, 0.3) is 0 Å². The Hall–Kier alpha value is -1.35. The van der Waals surface area contributed by atoms with E-state index in [1.165, 1.54) is 5.56 Å². The van der Waals surface area contributed by atoms with Crippen molar-refractivity contribution in [2.24, 2.45) is 5.73 Å². The molecule has 1 fully saturated rings. The molecule has 1 unspecified atom stereocenters. The zero-order chi connectivity index (χ0) is 11.5. The van der Waals surface area contributed by atoms with E-state index >= 15 is 0 Å². The molecule has 86 valence electrons. The Labute approximate surface area is 96.2 Å². The predicted octanol–water partition coefficient (Wildman–Crippen LogP) is 1.62.